The van der Waals surface area contributed by atoms with E-state index in [1.165, 1.54) is 22.3 Å². The second kappa shape index (κ2) is 8.99. The van der Waals surface area contributed by atoms with Gasteiger partial charge in [-0.15, -0.1) is 0 Å². The number of hydrogen-bond acceptors (Lipinski definition) is 5. The molecule has 5 unspecified atom stereocenters. The Morgan fingerprint density at radius 3 is 2.76 bits per heavy atom. The molecule has 2 aromatic rings. The number of anilines is 1. The Balaban J connectivity index is 0.000000764. The molecule has 1 fully saturated rings. The van der Waals surface area contributed by atoms with Crippen molar-refractivity contribution in [3.63, 3.8) is 0 Å². The molecule has 0 bridgehead atoms. The summed E-state index contributed by atoms with van der Waals surface area (Å²) in [6.45, 7) is 2.33. The minimum absolute atomic E-state index is 0.0854. The number of allylic oxidation sites excluding steroid dienone is 3. The third-order valence-corrected chi connectivity index (χ3v) is 8.56. The van der Waals surface area contributed by atoms with Gasteiger partial charge in [0.05, 0.1) is 17.7 Å². The second-order valence-corrected chi connectivity index (χ2v) is 10.8. The Hall–Kier alpha value is -2.41. The summed E-state index contributed by atoms with van der Waals surface area (Å²) in [6, 6.07) is 6.36. The van der Waals surface area contributed by atoms with Crippen molar-refractivity contribution in [2.24, 2.45) is 17.3 Å². The van der Waals surface area contributed by atoms with Crippen LogP contribution in [-0.2, 0) is 0 Å². The van der Waals surface area contributed by atoms with Crippen molar-refractivity contribution in [3.05, 3.63) is 52.6 Å². The van der Waals surface area contributed by atoms with Gasteiger partial charge in [-0.25, -0.2) is 0 Å². The number of nitrogen functional groups attached to an aromatic ring is 1. The van der Waals surface area contributed by atoms with E-state index in [2.05, 4.69) is 52.8 Å². The summed E-state index contributed by atoms with van der Waals surface area (Å²) < 4.78 is 0. The zero-order chi connectivity index (χ0) is 24.0. The van der Waals surface area contributed by atoms with Gasteiger partial charge >= 0.3 is 0 Å². The molecule has 1 aromatic heterocycles. The van der Waals surface area contributed by atoms with Gasteiger partial charge in [0, 0.05) is 10.8 Å². The monoisotopic (exact) mass is 462 g/mol. The predicted octanol–water partition coefficient (Wildman–Crippen LogP) is 4.33. The van der Waals surface area contributed by atoms with E-state index in [0.717, 1.165) is 61.4 Å². The number of benzene rings is 1. The molecule has 6 rings (SSSR count). The lowest BCUT2D eigenvalue weighted by molar-refractivity contribution is 0.124. The predicted molar refractivity (Wildman–Crippen MR) is 138 cm³/mol. The number of aliphatic hydroxyl groups is 2. The van der Waals surface area contributed by atoms with E-state index in [-0.39, 0.29) is 11.5 Å². The number of nitrogens with two attached hydrogens (primary N) is 1. The van der Waals surface area contributed by atoms with E-state index in [9.17, 15) is 10.2 Å². The van der Waals surface area contributed by atoms with Crippen LogP contribution in [-0.4, -0.2) is 46.7 Å². The average Bonchev–Trinajstić information content (AvgIpc) is 3.27. The van der Waals surface area contributed by atoms with E-state index in [1.807, 2.05) is 14.1 Å². The molecule has 182 valence electrons. The molecule has 34 heavy (non-hydrogen) atoms. The molecule has 6 heteroatoms. The molecule has 6 nitrogen and oxygen atoms in total. The molecule has 1 heterocycles. The molecule has 0 spiro atoms. The number of nitrogens with one attached hydrogen (secondary N) is 2. The fourth-order valence-electron chi connectivity index (χ4n) is 6.94. The van der Waals surface area contributed by atoms with Crippen LogP contribution >= 0.6 is 0 Å². The molecule has 6 N–H and O–H groups in total. The van der Waals surface area contributed by atoms with Crippen molar-refractivity contribution in [2.75, 3.05) is 19.8 Å². The van der Waals surface area contributed by atoms with E-state index in [1.54, 1.807) is 0 Å². The molecule has 4 aliphatic carbocycles. The Bertz CT molecular complexity index is 1180. The fraction of sp³-hybridized carbons (Fsp3) is 0.536. The van der Waals surface area contributed by atoms with Crippen molar-refractivity contribution in [3.8, 4) is 0 Å². The highest BCUT2D eigenvalue weighted by molar-refractivity contribution is 5.92. The molecule has 0 aliphatic heterocycles. The number of aromatic amines is 1. The third-order valence-electron chi connectivity index (χ3n) is 8.56. The van der Waals surface area contributed by atoms with Crippen molar-refractivity contribution in [2.45, 2.75) is 64.1 Å². The molecular weight excluding hydrogens is 424 g/mol. The lowest BCUT2D eigenvalue weighted by Gasteiger charge is -2.43. The van der Waals surface area contributed by atoms with Crippen LogP contribution < -0.4 is 11.1 Å². The van der Waals surface area contributed by atoms with E-state index in [4.69, 9.17) is 5.73 Å². The number of aliphatic hydroxyl groups excluding tert-OH is 2. The Labute approximate surface area is 202 Å². The van der Waals surface area contributed by atoms with Crippen LogP contribution in [0.3, 0.4) is 0 Å². The normalized spacial score (nSPS) is 32.6. The Morgan fingerprint density at radius 1 is 1.18 bits per heavy atom. The minimum Gasteiger partial charge on any atom is -0.393 e. The van der Waals surface area contributed by atoms with Crippen LogP contribution in [0.5, 0.6) is 0 Å². The van der Waals surface area contributed by atoms with Gasteiger partial charge < -0.3 is 21.3 Å². The van der Waals surface area contributed by atoms with Crippen LogP contribution in [0.1, 0.15) is 57.4 Å². The molecule has 1 aromatic carbocycles. The lowest BCUT2D eigenvalue weighted by Crippen LogP contribution is -2.37. The number of nitrogens with zero attached hydrogens (tertiary/aromatic N) is 1. The molecule has 4 aliphatic rings. The maximum Gasteiger partial charge on any atom is 0.153 e. The van der Waals surface area contributed by atoms with Crippen LogP contribution in [0.15, 0.2) is 47.1 Å². The highest BCUT2D eigenvalue weighted by Gasteiger charge is 2.49. The van der Waals surface area contributed by atoms with Gasteiger partial charge in [-0.2, -0.15) is 5.10 Å². The van der Waals surface area contributed by atoms with Crippen LogP contribution in [0.4, 0.5) is 5.82 Å². The molecule has 0 amide bonds. The molecule has 5 atom stereocenters. The van der Waals surface area contributed by atoms with Crippen LogP contribution in [0, 0.1) is 17.3 Å². The Morgan fingerprint density at radius 2 is 1.97 bits per heavy atom. The summed E-state index contributed by atoms with van der Waals surface area (Å²) >= 11 is 0. The van der Waals surface area contributed by atoms with Crippen molar-refractivity contribution in [1.82, 2.24) is 15.5 Å². The zero-order valence-electron chi connectivity index (χ0n) is 20.6. The van der Waals surface area contributed by atoms with Crippen molar-refractivity contribution >= 4 is 22.3 Å². The van der Waals surface area contributed by atoms with Crippen molar-refractivity contribution in [1.29, 1.82) is 0 Å². The molecule has 0 saturated heterocycles. The second-order valence-electron chi connectivity index (χ2n) is 10.8. The minimum atomic E-state index is -0.453. The first-order valence-electron chi connectivity index (χ1n) is 12.7. The summed E-state index contributed by atoms with van der Waals surface area (Å²) in [7, 11) is 3.75. The number of H-pyrrole nitrogens is 1. The standard InChI is InChI=1S/C26H31N3O2.C2H7N/c1-26-13-24(31)19-12-16-10-17(30)5-2-14(16)3-6-18(19)22(26)8-7-21(26)15-4-9-23-20(11-15)25(27)29-28-23;1-3-2/h4,7,9,11-12,14,17,22,24,30-31H,2-3,5-6,8,10,13H2,1H3,(H3,27,28,29);3H,1-2H3. The first-order valence-corrected chi connectivity index (χ1v) is 12.7. The van der Waals surface area contributed by atoms with Crippen LogP contribution in [0.25, 0.3) is 16.5 Å². The van der Waals surface area contributed by atoms with E-state index >= 15 is 0 Å². The highest BCUT2D eigenvalue weighted by Crippen LogP contribution is 2.59. The van der Waals surface area contributed by atoms with Gasteiger partial charge in [0.1, 0.15) is 0 Å². The SMILES string of the molecule is CC12CC(O)C3=C(CCC4CCC(O)CC4=C3)C1CC=C2c1ccc2[nH]nc(N)c2c1.CNC. The maximum atomic E-state index is 11.3. The van der Waals surface area contributed by atoms with Gasteiger partial charge in [0.15, 0.2) is 5.82 Å². The summed E-state index contributed by atoms with van der Waals surface area (Å²) in [4.78, 5) is 0. The highest BCUT2D eigenvalue weighted by atomic mass is 16.3. The van der Waals surface area contributed by atoms with E-state index in [0.29, 0.717) is 17.7 Å². The van der Waals surface area contributed by atoms with Gasteiger partial charge in [0.2, 0.25) is 0 Å². The topological polar surface area (TPSA) is 107 Å². The number of aromatic nitrogens is 2. The zero-order valence-corrected chi connectivity index (χ0v) is 20.6. The first kappa shape index (κ1) is 23.3. The van der Waals surface area contributed by atoms with Gasteiger partial charge in [-0.3, -0.25) is 5.10 Å². The molecular formula is C28H38N4O2. The smallest absolute Gasteiger partial charge is 0.153 e. The van der Waals surface area contributed by atoms with Gasteiger partial charge in [0.25, 0.3) is 0 Å². The number of fused-ring (bicyclic) bond motifs is 4. The summed E-state index contributed by atoms with van der Waals surface area (Å²) in [5, 5.41) is 32.3. The molecule has 0 radical (unpaired) electrons. The number of rotatable bonds is 1. The van der Waals surface area contributed by atoms with Gasteiger partial charge in [-0.05, 0) is 99.7 Å². The maximum absolute atomic E-state index is 11.3. The fourth-order valence-corrected chi connectivity index (χ4v) is 6.94. The summed E-state index contributed by atoms with van der Waals surface area (Å²) in [5.74, 6) is 1.53. The summed E-state index contributed by atoms with van der Waals surface area (Å²) in [6.07, 6.45) is 10.7. The van der Waals surface area contributed by atoms with E-state index < -0.39 is 6.10 Å². The average molecular weight is 463 g/mol. The van der Waals surface area contributed by atoms with Crippen molar-refractivity contribution < 1.29 is 10.2 Å². The Kier molecular flexibility index (Phi) is 6.17. The number of hydrogen-bond donors (Lipinski definition) is 5. The van der Waals surface area contributed by atoms with Gasteiger partial charge in [-0.1, -0.05) is 36.3 Å². The third kappa shape index (κ3) is 3.82. The largest absolute Gasteiger partial charge is 0.393 e. The quantitative estimate of drug-likeness (QED) is 0.434. The summed E-state index contributed by atoms with van der Waals surface area (Å²) in [5.41, 5.74) is 13.4. The lowest BCUT2D eigenvalue weighted by atomic mass is 9.61. The first-order chi connectivity index (χ1) is 16.4. The van der Waals surface area contributed by atoms with Crippen LogP contribution in [0.2, 0.25) is 0 Å². The molecule has 1 saturated carbocycles.